The van der Waals surface area contributed by atoms with Crippen molar-refractivity contribution in [3.63, 3.8) is 0 Å². The van der Waals surface area contributed by atoms with Crippen LogP contribution in [0.3, 0.4) is 0 Å². The van der Waals surface area contributed by atoms with E-state index in [0.29, 0.717) is 30.2 Å². The maximum atomic E-state index is 11.5. The van der Waals surface area contributed by atoms with Gasteiger partial charge in [-0.3, -0.25) is 10.1 Å². The molecule has 0 unspecified atom stereocenters. The Labute approximate surface area is 164 Å². The summed E-state index contributed by atoms with van der Waals surface area (Å²) in [5, 5.41) is 22.5. The van der Waals surface area contributed by atoms with E-state index >= 15 is 0 Å². The average molecular weight is 403 g/mol. The van der Waals surface area contributed by atoms with E-state index in [0.717, 1.165) is 0 Å². The second-order valence-electron chi connectivity index (χ2n) is 5.56. The Morgan fingerprint density at radius 2 is 2.32 bits per heavy atom. The molecular formula is C17H17N5O5S. The number of nitrogens with zero attached hydrogens (tertiary/aromatic N) is 4. The number of methoxy groups -OCH3 is 1. The number of hydrogen-bond acceptors (Lipinski definition) is 8. The van der Waals surface area contributed by atoms with Gasteiger partial charge in [0.1, 0.15) is 0 Å². The number of hydrogen-bond donors (Lipinski definition) is 1. The number of nitrogens with one attached hydrogen (secondary N) is 1. The lowest BCUT2D eigenvalue weighted by molar-refractivity contribution is -0.386. The Balaban J connectivity index is 2.01. The first-order valence-corrected chi connectivity index (χ1v) is 8.70. The van der Waals surface area contributed by atoms with E-state index in [1.807, 2.05) is 6.92 Å². The molecule has 10 nitrogen and oxygen atoms in total. The van der Waals surface area contributed by atoms with Crippen molar-refractivity contribution in [3.05, 3.63) is 51.0 Å². The van der Waals surface area contributed by atoms with Gasteiger partial charge in [-0.25, -0.2) is 5.10 Å². The molecule has 0 saturated carbocycles. The van der Waals surface area contributed by atoms with E-state index in [9.17, 15) is 10.1 Å². The molecule has 0 aliphatic heterocycles. The largest absolute Gasteiger partial charge is 0.493 e. The van der Waals surface area contributed by atoms with Crippen molar-refractivity contribution in [2.45, 2.75) is 13.3 Å². The monoisotopic (exact) mass is 403 g/mol. The number of H-pyrrole nitrogens is 1. The first-order chi connectivity index (χ1) is 13.5. The molecule has 3 aromatic rings. The fraction of sp³-hybridized carbons (Fsp3) is 0.235. The SMILES string of the molecule is CCCOc1c(OC)cc(/C=N\n2c(-c3ccco3)n[nH]c2=S)cc1[N+](=O)[O-]. The quantitative estimate of drug-likeness (QED) is 0.263. The number of benzene rings is 1. The van der Waals surface area contributed by atoms with E-state index in [1.54, 1.807) is 18.2 Å². The molecule has 0 aliphatic rings. The lowest BCUT2D eigenvalue weighted by atomic mass is 10.2. The first kappa shape index (κ1) is 19.3. The third-order valence-corrected chi connectivity index (χ3v) is 3.90. The van der Waals surface area contributed by atoms with Gasteiger partial charge in [0.25, 0.3) is 0 Å². The van der Waals surface area contributed by atoms with Gasteiger partial charge in [0, 0.05) is 11.6 Å². The van der Waals surface area contributed by atoms with Crippen LogP contribution in [0.25, 0.3) is 11.6 Å². The Morgan fingerprint density at radius 3 is 2.96 bits per heavy atom. The summed E-state index contributed by atoms with van der Waals surface area (Å²) >= 11 is 5.18. The van der Waals surface area contributed by atoms with Gasteiger partial charge in [0.15, 0.2) is 11.5 Å². The summed E-state index contributed by atoms with van der Waals surface area (Å²) in [7, 11) is 1.42. The van der Waals surface area contributed by atoms with Crippen molar-refractivity contribution in [1.29, 1.82) is 0 Å². The minimum atomic E-state index is -0.525. The van der Waals surface area contributed by atoms with Gasteiger partial charge < -0.3 is 13.9 Å². The third-order valence-electron chi connectivity index (χ3n) is 3.64. The highest BCUT2D eigenvalue weighted by atomic mass is 32.1. The maximum absolute atomic E-state index is 11.5. The van der Waals surface area contributed by atoms with Gasteiger partial charge in [0.2, 0.25) is 16.3 Å². The third kappa shape index (κ3) is 3.93. The van der Waals surface area contributed by atoms with Crippen LogP contribution in [0.1, 0.15) is 18.9 Å². The van der Waals surface area contributed by atoms with E-state index in [4.69, 9.17) is 26.1 Å². The summed E-state index contributed by atoms with van der Waals surface area (Å²) in [6, 6.07) is 6.38. The molecule has 0 fully saturated rings. The molecule has 0 saturated heterocycles. The number of ether oxygens (including phenoxy) is 2. The molecule has 0 aliphatic carbocycles. The number of aromatic nitrogens is 3. The predicted molar refractivity (Wildman–Crippen MR) is 104 cm³/mol. The van der Waals surface area contributed by atoms with Gasteiger partial charge in [0.05, 0.1) is 31.1 Å². The van der Waals surface area contributed by atoms with Gasteiger partial charge in [-0.15, -0.1) is 5.10 Å². The van der Waals surface area contributed by atoms with E-state index in [-0.39, 0.29) is 22.0 Å². The summed E-state index contributed by atoms with van der Waals surface area (Å²) in [4.78, 5) is 11.0. The second-order valence-corrected chi connectivity index (χ2v) is 5.95. The Hall–Kier alpha value is -3.47. The zero-order valence-corrected chi connectivity index (χ0v) is 15.9. The molecule has 0 amide bonds. The Bertz CT molecular complexity index is 1050. The molecule has 2 aromatic heterocycles. The Kier molecular flexibility index (Phi) is 5.84. The summed E-state index contributed by atoms with van der Waals surface area (Å²) in [5.41, 5.74) is 0.220. The first-order valence-electron chi connectivity index (χ1n) is 8.30. The molecule has 146 valence electrons. The van der Waals surface area contributed by atoms with Crippen LogP contribution >= 0.6 is 12.2 Å². The zero-order valence-electron chi connectivity index (χ0n) is 15.1. The van der Waals surface area contributed by atoms with Crippen LogP contribution in [-0.4, -0.2) is 39.7 Å². The topological polar surface area (TPSA) is 121 Å². The summed E-state index contributed by atoms with van der Waals surface area (Å²) in [5.74, 6) is 1.17. The highest BCUT2D eigenvalue weighted by Crippen LogP contribution is 2.38. The summed E-state index contributed by atoms with van der Waals surface area (Å²) in [6.45, 7) is 2.24. The minimum absolute atomic E-state index is 0.0858. The highest BCUT2D eigenvalue weighted by Gasteiger charge is 2.22. The predicted octanol–water partition coefficient (Wildman–Crippen LogP) is 3.79. The van der Waals surface area contributed by atoms with Crippen molar-refractivity contribution in [1.82, 2.24) is 14.9 Å². The van der Waals surface area contributed by atoms with Gasteiger partial charge in [-0.05, 0) is 36.8 Å². The molecule has 0 bridgehead atoms. The normalized spacial score (nSPS) is 11.1. The molecule has 3 rings (SSSR count). The molecule has 1 N–H and O–H groups in total. The van der Waals surface area contributed by atoms with Crippen molar-refractivity contribution in [2.24, 2.45) is 5.10 Å². The smallest absolute Gasteiger partial charge is 0.315 e. The second kappa shape index (κ2) is 8.48. The Morgan fingerprint density at radius 1 is 1.50 bits per heavy atom. The number of nitro benzene ring substituents is 1. The lowest BCUT2D eigenvalue weighted by Gasteiger charge is -2.11. The maximum Gasteiger partial charge on any atom is 0.315 e. The standard InChI is InChI=1S/C17H17N5O5S/c1-3-6-27-15-12(22(23)24)8-11(9-14(15)25-2)10-18-21-16(19-20-17(21)28)13-5-4-7-26-13/h4-5,7-10H,3,6H2,1-2H3,(H,20,28)/b18-10-. The number of nitro groups is 1. The number of furan rings is 1. The molecule has 2 heterocycles. The average Bonchev–Trinajstić information content (AvgIpc) is 3.34. The van der Waals surface area contributed by atoms with Crippen molar-refractivity contribution < 1.29 is 18.8 Å². The van der Waals surface area contributed by atoms with Gasteiger partial charge >= 0.3 is 5.69 Å². The number of rotatable bonds is 8. The fourth-order valence-corrected chi connectivity index (χ4v) is 2.59. The van der Waals surface area contributed by atoms with Crippen LogP contribution in [0.15, 0.2) is 40.0 Å². The van der Waals surface area contributed by atoms with Crippen LogP contribution in [0.4, 0.5) is 5.69 Å². The van der Waals surface area contributed by atoms with Crippen molar-refractivity contribution >= 4 is 24.1 Å². The van der Waals surface area contributed by atoms with Crippen LogP contribution in [0.2, 0.25) is 0 Å². The molecule has 0 radical (unpaired) electrons. The van der Waals surface area contributed by atoms with Crippen LogP contribution in [-0.2, 0) is 0 Å². The van der Waals surface area contributed by atoms with E-state index in [1.165, 1.54) is 30.3 Å². The minimum Gasteiger partial charge on any atom is -0.493 e. The lowest BCUT2D eigenvalue weighted by Crippen LogP contribution is -2.03. The molecule has 0 spiro atoms. The molecule has 1 aromatic carbocycles. The van der Waals surface area contributed by atoms with Crippen molar-refractivity contribution in [2.75, 3.05) is 13.7 Å². The summed E-state index contributed by atoms with van der Waals surface area (Å²) in [6.07, 6.45) is 3.62. The van der Waals surface area contributed by atoms with Gasteiger partial charge in [-0.2, -0.15) is 9.78 Å². The zero-order chi connectivity index (χ0) is 20.1. The number of aromatic amines is 1. The molecule has 11 heteroatoms. The van der Waals surface area contributed by atoms with E-state index in [2.05, 4.69) is 15.3 Å². The summed E-state index contributed by atoms with van der Waals surface area (Å²) < 4.78 is 17.7. The van der Waals surface area contributed by atoms with Crippen molar-refractivity contribution in [3.8, 4) is 23.1 Å². The van der Waals surface area contributed by atoms with Gasteiger partial charge in [-0.1, -0.05) is 6.92 Å². The molecule has 28 heavy (non-hydrogen) atoms. The highest BCUT2D eigenvalue weighted by molar-refractivity contribution is 7.71. The van der Waals surface area contributed by atoms with Crippen LogP contribution < -0.4 is 9.47 Å². The van der Waals surface area contributed by atoms with E-state index < -0.39 is 4.92 Å². The van der Waals surface area contributed by atoms with Crippen LogP contribution in [0.5, 0.6) is 11.5 Å². The molecular weight excluding hydrogens is 386 g/mol. The fourth-order valence-electron chi connectivity index (χ4n) is 2.41. The molecule has 0 atom stereocenters. The van der Waals surface area contributed by atoms with Crippen LogP contribution in [0, 0.1) is 14.9 Å².